The van der Waals surface area contributed by atoms with Crippen molar-refractivity contribution >= 4 is 10.8 Å². The van der Waals surface area contributed by atoms with E-state index in [1.165, 1.54) is 5.56 Å². The van der Waals surface area contributed by atoms with Crippen molar-refractivity contribution in [2.24, 2.45) is 0 Å². The fraction of sp³-hybridized carbons (Fsp3) is 0.400. The van der Waals surface area contributed by atoms with Crippen molar-refractivity contribution in [2.45, 2.75) is 25.2 Å². The van der Waals surface area contributed by atoms with Gasteiger partial charge in [0, 0.05) is 11.2 Å². The predicted octanol–water partition coefficient (Wildman–Crippen LogP) is 2.29. The molecule has 0 aliphatic heterocycles. The highest BCUT2D eigenvalue weighted by Crippen LogP contribution is 2.14. The molecule has 0 aliphatic rings. The van der Waals surface area contributed by atoms with Crippen molar-refractivity contribution in [3.8, 4) is 0 Å². The van der Waals surface area contributed by atoms with Crippen LogP contribution in [0.4, 0.5) is 0 Å². The number of hydrogen-bond acceptors (Lipinski definition) is 1. The summed E-state index contributed by atoms with van der Waals surface area (Å²) in [5.74, 6) is 0. The minimum absolute atomic E-state index is 0.852. The first-order valence-corrected chi connectivity index (χ1v) is 5.64. The van der Waals surface area contributed by atoms with Crippen LogP contribution in [0, 0.1) is 6.92 Å². The van der Waals surface area contributed by atoms with Gasteiger partial charge in [0.05, 0.1) is 10.8 Å². The van der Waals surface area contributed by atoms with Gasteiger partial charge in [0.15, 0.2) is 0 Å². The summed E-state index contributed by atoms with van der Waals surface area (Å²) in [6, 6.07) is 6.16. The Labute approximate surface area is 76.3 Å². The number of aryl methyl sites for hydroxylation is 2. The summed E-state index contributed by atoms with van der Waals surface area (Å²) in [7, 11) is -0.852. The second-order valence-corrected chi connectivity index (χ2v) is 4.26. The summed E-state index contributed by atoms with van der Waals surface area (Å²) in [4.78, 5) is 0.967. The van der Waals surface area contributed by atoms with Crippen molar-refractivity contribution in [3.63, 3.8) is 0 Å². The molecular weight excluding hydrogens is 168 g/mol. The molecule has 1 atom stereocenters. The molecule has 1 rings (SSSR count). The van der Waals surface area contributed by atoms with E-state index in [1.54, 1.807) is 6.26 Å². The van der Waals surface area contributed by atoms with Crippen LogP contribution in [0.3, 0.4) is 0 Å². The summed E-state index contributed by atoms with van der Waals surface area (Å²) in [6.07, 6.45) is 2.73. The first-order valence-electron chi connectivity index (χ1n) is 4.08. The smallest absolute Gasteiger partial charge is 0.0500 e. The molecule has 0 saturated heterocycles. The van der Waals surface area contributed by atoms with Crippen LogP contribution >= 0.6 is 0 Å². The Balaban J connectivity index is 3.17. The van der Waals surface area contributed by atoms with Gasteiger partial charge in [0.1, 0.15) is 0 Å². The number of rotatable bonds is 2. The van der Waals surface area contributed by atoms with Crippen molar-refractivity contribution in [3.05, 3.63) is 29.3 Å². The van der Waals surface area contributed by atoms with E-state index >= 15 is 0 Å². The van der Waals surface area contributed by atoms with Crippen LogP contribution in [0.2, 0.25) is 0 Å². The average molecular weight is 182 g/mol. The highest BCUT2D eigenvalue weighted by atomic mass is 32.2. The highest BCUT2D eigenvalue weighted by Gasteiger charge is 2.02. The van der Waals surface area contributed by atoms with Gasteiger partial charge in [-0.3, -0.25) is 4.21 Å². The third-order valence-corrected chi connectivity index (χ3v) is 3.03. The zero-order chi connectivity index (χ0) is 9.14. The van der Waals surface area contributed by atoms with Crippen molar-refractivity contribution in [1.29, 1.82) is 0 Å². The van der Waals surface area contributed by atoms with Crippen molar-refractivity contribution in [1.82, 2.24) is 0 Å². The predicted molar refractivity (Wildman–Crippen MR) is 52.9 cm³/mol. The second kappa shape index (κ2) is 3.85. The van der Waals surface area contributed by atoms with Gasteiger partial charge < -0.3 is 0 Å². The minimum atomic E-state index is -0.852. The minimum Gasteiger partial charge on any atom is -0.255 e. The van der Waals surface area contributed by atoms with Gasteiger partial charge >= 0.3 is 0 Å². The van der Waals surface area contributed by atoms with E-state index in [0.717, 1.165) is 16.9 Å². The lowest BCUT2D eigenvalue weighted by molar-refractivity contribution is 0.686. The Morgan fingerprint density at radius 1 is 1.42 bits per heavy atom. The maximum Gasteiger partial charge on any atom is 0.0500 e. The first kappa shape index (κ1) is 9.46. The lowest BCUT2D eigenvalue weighted by Gasteiger charge is -2.04. The standard InChI is InChI=1S/C10H14OS/c1-4-9-6-5-8(2)10(7-9)12(3)11/h5-7H,4H2,1-3H3. The van der Waals surface area contributed by atoms with E-state index in [0.29, 0.717) is 0 Å². The molecule has 0 bridgehead atoms. The van der Waals surface area contributed by atoms with Gasteiger partial charge in [0.25, 0.3) is 0 Å². The third-order valence-electron chi connectivity index (χ3n) is 1.97. The molecule has 0 aliphatic carbocycles. The maximum absolute atomic E-state index is 11.2. The zero-order valence-corrected chi connectivity index (χ0v) is 8.57. The monoisotopic (exact) mass is 182 g/mol. The van der Waals surface area contributed by atoms with Crippen LogP contribution < -0.4 is 0 Å². The molecule has 1 aromatic carbocycles. The normalized spacial score (nSPS) is 12.9. The molecule has 0 saturated carbocycles. The van der Waals surface area contributed by atoms with Crippen LogP contribution in [-0.4, -0.2) is 10.5 Å². The summed E-state index contributed by atoms with van der Waals surface area (Å²) in [5.41, 5.74) is 2.37. The van der Waals surface area contributed by atoms with E-state index in [2.05, 4.69) is 13.0 Å². The molecule has 66 valence electrons. The fourth-order valence-corrected chi connectivity index (χ4v) is 2.01. The largest absolute Gasteiger partial charge is 0.255 e. The zero-order valence-electron chi connectivity index (χ0n) is 7.76. The third kappa shape index (κ3) is 1.95. The van der Waals surface area contributed by atoms with Crippen LogP contribution in [0.1, 0.15) is 18.1 Å². The SMILES string of the molecule is CCc1ccc(C)c(S(C)=O)c1. The van der Waals surface area contributed by atoms with Gasteiger partial charge in [-0.2, -0.15) is 0 Å². The molecule has 1 unspecified atom stereocenters. The molecule has 1 nitrogen and oxygen atoms in total. The molecule has 0 fully saturated rings. The summed E-state index contributed by atoms with van der Waals surface area (Å²) in [5, 5.41) is 0. The van der Waals surface area contributed by atoms with E-state index in [-0.39, 0.29) is 0 Å². The van der Waals surface area contributed by atoms with Gasteiger partial charge in [-0.25, -0.2) is 0 Å². The molecule has 0 heterocycles. The second-order valence-electron chi connectivity index (χ2n) is 2.91. The molecular formula is C10H14OS. The van der Waals surface area contributed by atoms with E-state index in [4.69, 9.17) is 0 Å². The molecule has 1 aromatic rings. The Morgan fingerprint density at radius 3 is 2.58 bits per heavy atom. The molecule has 12 heavy (non-hydrogen) atoms. The van der Waals surface area contributed by atoms with Gasteiger partial charge in [-0.05, 0) is 30.5 Å². The van der Waals surface area contributed by atoms with E-state index in [9.17, 15) is 4.21 Å². The Hall–Kier alpha value is -0.630. The number of hydrogen-bond donors (Lipinski definition) is 0. The summed E-state index contributed by atoms with van der Waals surface area (Å²) >= 11 is 0. The average Bonchev–Trinajstić information content (AvgIpc) is 2.05. The lowest BCUT2D eigenvalue weighted by atomic mass is 10.1. The van der Waals surface area contributed by atoms with Crippen molar-refractivity contribution in [2.75, 3.05) is 6.26 Å². The summed E-state index contributed by atoms with van der Waals surface area (Å²) in [6.45, 7) is 4.10. The first-order chi connectivity index (χ1) is 5.65. The Morgan fingerprint density at radius 2 is 2.08 bits per heavy atom. The molecule has 0 N–H and O–H groups in total. The topological polar surface area (TPSA) is 17.1 Å². The lowest BCUT2D eigenvalue weighted by Crippen LogP contribution is -1.93. The molecule has 0 spiro atoms. The number of benzene rings is 1. The van der Waals surface area contributed by atoms with E-state index < -0.39 is 10.8 Å². The highest BCUT2D eigenvalue weighted by molar-refractivity contribution is 7.84. The fourth-order valence-electron chi connectivity index (χ4n) is 1.17. The Kier molecular flexibility index (Phi) is 3.04. The van der Waals surface area contributed by atoms with Crippen LogP contribution in [-0.2, 0) is 17.2 Å². The van der Waals surface area contributed by atoms with Gasteiger partial charge in [-0.1, -0.05) is 19.1 Å². The van der Waals surface area contributed by atoms with E-state index in [1.807, 2.05) is 19.1 Å². The quantitative estimate of drug-likeness (QED) is 0.686. The Bertz CT molecular complexity index is 305. The van der Waals surface area contributed by atoms with Crippen LogP contribution in [0.15, 0.2) is 23.1 Å². The van der Waals surface area contributed by atoms with Gasteiger partial charge in [0.2, 0.25) is 0 Å². The van der Waals surface area contributed by atoms with Crippen LogP contribution in [0.25, 0.3) is 0 Å². The molecule has 0 amide bonds. The maximum atomic E-state index is 11.2. The molecule has 0 radical (unpaired) electrons. The molecule has 2 heteroatoms. The van der Waals surface area contributed by atoms with Gasteiger partial charge in [-0.15, -0.1) is 0 Å². The van der Waals surface area contributed by atoms with Crippen molar-refractivity contribution < 1.29 is 4.21 Å². The van der Waals surface area contributed by atoms with Crippen LogP contribution in [0.5, 0.6) is 0 Å². The molecule has 0 aromatic heterocycles. The summed E-state index contributed by atoms with van der Waals surface area (Å²) < 4.78 is 11.2.